The number of aromatic nitrogens is 2. The first-order chi connectivity index (χ1) is 8.40. The molecule has 6 nitrogen and oxygen atoms in total. The van der Waals surface area contributed by atoms with Crippen molar-refractivity contribution < 1.29 is 13.5 Å². The molecule has 8 heteroatoms. The number of phenolic OH excluding ortho intramolecular Hbond substituents is 1. The quantitative estimate of drug-likeness (QED) is 0.803. The van der Waals surface area contributed by atoms with Crippen molar-refractivity contribution in [2.75, 3.05) is 4.72 Å². The van der Waals surface area contributed by atoms with Crippen LogP contribution in [0.15, 0.2) is 29.3 Å². The van der Waals surface area contributed by atoms with Crippen LogP contribution < -0.4 is 4.72 Å². The lowest BCUT2D eigenvalue weighted by atomic mass is 10.3. The first kappa shape index (κ1) is 12.7. The number of nitrogens with zero attached hydrogens (tertiary/aromatic N) is 1. The summed E-state index contributed by atoms with van der Waals surface area (Å²) in [5, 5.41) is 15.7. The van der Waals surface area contributed by atoms with Crippen molar-refractivity contribution in [3.63, 3.8) is 0 Å². The molecule has 18 heavy (non-hydrogen) atoms. The van der Waals surface area contributed by atoms with Gasteiger partial charge in [0.1, 0.15) is 10.6 Å². The number of aryl methyl sites for hydroxylation is 1. The molecule has 96 valence electrons. The van der Waals surface area contributed by atoms with Crippen molar-refractivity contribution >= 4 is 27.3 Å². The van der Waals surface area contributed by atoms with E-state index in [-0.39, 0.29) is 21.4 Å². The maximum absolute atomic E-state index is 12.0. The summed E-state index contributed by atoms with van der Waals surface area (Å²) < 4.78 is 26.3. The number of anilines is 1. The molecular weight excluding hydrogens is 278 g/mol. The summed E-state index contributed by atoms with van der Waals surface area (Å²) in [4.78, 5) is 0.0527. The van der Waals surface area contributed by atoms with Gasteiger partial charge in [0.25, 0.3) is 10.0 Å². The third-order valence-electron chi connectivity index (χ3n) is 2.27. The van der Waals surface area contributed by atoms with Gasteiger partial charge in [0, 0.05) is 6.07 Å². The van der Waals surface area contributed by atoms with Gasteiger partial charge in [-0.05, 0) is 19.1 Å². The van der Waals surface area contributed by atoms with Crippen LogP contribution in [-0.2, 0) is 10.0 Å². The number of rotatable bonds is 3. The molecule has 2 rings (SSSR count). The first-order valence-corrected chi connectivity index (χ1v) is 6.77. The third kappa shape index (κ3) is 2.41. The van der Waals surface area contributed by atoms with Gasteiger partial charge in [-0.2, -0.15) is 5.10 Å². The Labute approximate surface area is 109 Å². The van der Waals surface area contributed by atoms with Crippen LogP contribution in [0.4, 0.5) is 5.69 Å². The fourth-order valence-electron chi connectivity index (χ4n) is 1.40. The minimum atomic E-state index is -3.73. The number of sulfonamides is 1. The summed E-state index contributed by atoms with van der Waals surface area (Å²) in [7, 11) is -3.73. The molecule has 0 saturated carbocycles. The minimum Gasteiger partial charge on any atom is -0.506 e. The van der Waals surface area contributed by atoms with Crippen LogP contribution in [0.3, 0.4) is 0 Å². The van der Waals surface area contributed by atoms with Crippen molar-refractivity contribution in [1.82, 2.24) is 10.2 Å². The molecule has 3 N–H and O–H groups in total. The van der Waals surface area contributed by atoms with Crippen LogP contribution in [0.25, 0.3) is 0 Å². The molecule has 0 saturated heterocycles. The van der Waals surface area contributed by atoms with E-state index in [4.69, 9.17) is 11.6 Å². The molecule has 0 spiro atoms. The predicted molar refractivity (Wildman–Crippen MR) is 67.3 cm³/mol. The average molecular weight is 288 g/mol. The summed E-state index contributed by atoms with van der Waals surface area (Å²) in [5.41, 5.74) is 0.651. The van der Waals surface area contributed by atoms with Crippen molar-refractivity contribution in [3.8, 4) is 5.75 Å². The summed E-state index contributed by atoms with van der Waals surface area (Å²) >= 11 is 5.63. The van der Waals surface area contributed by atoms with Gasteiger partial charge in [-0.3, -0.25) is 9.82 Å². The van der Waals surface area contributed by atoms with Crippen LogP contribution in [0.5, 0.6) is 5.75 Å². The topological polar surface area (TPSA) is 95.1 Å². The molecule has 0 aliphatic carbocycles. The van der Waals surface area contributed by atoms with Crippen LogP contribution in [-0.4, -0.2) is 23.7 Å². The van der Waals surface area contributed by atoms with Gasteiger partial charge in [-0.15, -0.1) is 0 Å². The smallest absolute Gasteiger partial charge is 0.265 e. The molecule has 1 aromatic heterocycles. The number of halogens is 1. The fourth-order valence-corrected chi connectivity index (χ4v) is 2.70. The maximum Gasteiger partial charge on any atom is 0.265 e. The Morgan fingerprint density at radius 1 is 1.44 bits per heavy atom. The lowest BCUT2D eigenvalue weighted by Crippen LogP contribution is -2.13. The second-order valence-corrected chi connectivity index (χ2v) is 5.69. The molecule has 0 radical (unpaired) electrons. The molecule has 0 atom stereocenters. The molecule has 0 fully saturated rings. The molecule has 1 aromatic carbocycles. The Kier molecular flexibility index (Phi) is 3.18. The zero-order chi connectivity index (χ0) is 13.3. The van der Waals surface area contributed by atoms with Crippen LogP contribution in [0.1, 0.15) is 5.69 Å². The Balaban J connectivity index is 2.34. The summed E-state index contributed by atoms with van der Waals surface area (Å²) in [6.45, 7) is 1.60. The van der Waals surface area contributed by atoms with Gasteiger partial charge in [-0.25, -0.2) is 8.42 Å². The summed E-state index contributed by atoms with van der Waals surface area (Å²) in [6, 6.07) is 4.08. The number of aromatic amines is 1. The second-order valence-electron chi connectivity index (χ2n) is 3.63. The number of aromatic hydroxyl groups is 1. The fraction of sp³-hybridized carbons (Fsp3) is 0.100. The number of hydrogen-bond donors (Lipinski definition) is 3. The SMILES string of the molecule is Cc1[nH]ncc1S(=O)(=O)Nc1ccc(Cl)c(O)c1. The summed E-state index contributed by atoms with van der Waals surface area (Å²) in [6.07, 6.45) is 1.22. The van der Waals surface area contributed by atoms with E-state index in [9.17, 15) is 13.5 Å². The number of benzene rings is 1. The van der Waals surface area contributed by atoms with E-state index in [0.717, 1.165) is 0 Å². The van der Waals surface area contributed by atoms with Crippen LogP contribution in [0, 0.1) is 6.92 Å². The van der Waals surface area contributed by atoms with Crippen molar-refractivity contribution in [2.45, 2.75) is 11.8 Å². The lowest BCUT2D eigenvalue weighted by Gasteiger charge is -2.07. The van der Waals surface area contributed by atoms with Gasteiger partial charge in [-0.1, -0.05) is 11.6 Å². The van der Waals surface area contributed by atoms with Crippen molar-refractivity contribution in [2.24, 2.45) is 0 Å². The van der Waals surface area contributed by atoms with Crippen LogP contribution >= 0.6 is 11.6 Å². The van der Waals surface area contributed by atoms with E-state index in [1.54, 1.807) is 6.92 Å². The van der Waals surface area contributed by atoms with E-state index >= 15 is 0 Å². The Morgan fingerprint density at radius 2 is 2.17 bits per heavy atom. The highest BCUT2D eigenvalue weighted by atomic mass is 35.5. The molecule has 1 heterocycles. The zero-order valence-electron chi connectivity index (χ0n) is 9.31. The standard InChI is InChI=1S/C10H10ClN3O3S/c1-6-10(5-12-13-6)18(16,17)14-7-2-3-8(11)9(15)4-7/h2-5,14-15H,1H3,(H,12,13). The number of H-pyrrole nitrogens is 1. The van der Waals surface area contributed by atoms with E-state index in [0.29, 0.717) is 5.69 Å². The van der Waals surface area contributed by atoms with Gasteiger partial charge in [0.05, 0.1) is 22.6 Å². The third-order valence-corrected chi connectivity index (χ3v) is 4.09. The van der Waals surface area contributed by atoms with Crippen LogP contribution in [0.2, 0.25) is 5.02 Å². The van der Waals surface area contributed by atoms with E-state index in [1.165, 1.54) is 24.4 Å². The van der Waals surface area contributed by atoms with E-state index in [1.807, 2.05) is 0 Å². The molecule has 0 bridgehead atoms. The van der Waals surface area contributed by atoms with E-state index in [2.05, 4.69) is 14.9 Å². The van der Waals surface area contributed by atoms with Gasteiger partial charge in [0.2, 0.25) is 0 Å². The highest BCUT2D eigenvalue weighted by molar-refractivity contribution is 7.92. The highest BCUT2D eigenvalue weighted by Gasteiger charge is 2.18. The van der Waals surface area contributed by atoms with Gasteiger partial charge in [0.15, 0.2) is 0 Å². The Bertz CT molecular complexity index is 681. The number of phenols is 1. The Morgan fingerprint density at radius 3 is 2.72 bits per heavy atom. The zero-order valence-corrected chi connectivity index (χ0v) is 10.9. The average Bonchev–Trinajstić information content (AvgIpc) is 2.70. The lowest BCUT2D eigenvalue weighted by molar-refractivity contribution is 0.476. The number of nitrogens with one attached hydrogen (secondary N) is 2. The second kappa shape index (κ2) is 4.51. The molecule has 0 unspecified atom stereocenters. The molecule has 2 aromatic rings. The monoisotopic (exact) mass is 287 g/mol. The minimum absolute atomic E-state index is 0.0527. The maximum atomic E-state index is 12.0. The first-order valence-electron chi connectivity index (χ1n) is 4.91. The van der Waals surface area contributed by atoms with Gasteiger partial charge < -0.3 is 5.11 Å². The normalized spacial score (nSPS) is 11.4. The van der Waals surface area contributed by atoms with Crippen molar-refractivity contribution in [1.29, 1.82) is 0 Å². The largest absolute Gasteiger partial charge is 0.506 e. The highest BCUT2D eigenvalue weighted by Crippen LogP contribution is 2.27. The molecular formula is C10H10ClN3O3S. The molecule has 0 aliphatic heterocycles. The Hall–Kier alpha value is -1.73. The van der Waals surface area contributed by atoms with Crippen molar-refractivity contribution in [3.05, 3.63) is 35.1 Å². The van der Waals surface area contributed by atoms with E-state index < -0.39 is 10.0 Å². The number of hydrogen-bond acceptors (Lipinski definition) is 4. The predicted octanol–water partition coefficient (Wildman–Crippen LogP) is 1.88. The summed E-state index contributed by atoms with van der Waals surface area (Å²) in [5.74, 6) is -0.194. The van der Waals surface area contributed by atoms with Gasteiger partial charge >= 0.3 is 0 Å². The molecule has 0 amide bonds. The molecule has 0 aliphatic rings.